The van der Waals surface area contributed by atoms with Crippen molar-refractivity contribution in [3.8, 4) is 0 Å². The molecule has 5 amide bonds. The monoisotopic (exact) mass is 685 g/mol. The van der Waals surface area contributed by atoms with Crippen LogP contribution in [-0.2, 0) is 48.2 Å². The molecule has 0 aliphatic heterocycles. The average molecular weight is 687 g/mol. The lowest BCUT2D eigenvalue weighted by molar-refractivity contribution is -0.131. The number of amides is 5. The van der Waals surface area contributed by atoms with E-state index >= 15 is 0 Å². The van der Waals surface area contributed by atoms with Gasteiger partial charge in [-0.05, 0) is 47.0 Å². The number of hydrogen-bond acceptors (Lipinski definition) is 7. The van der Waals surface area contributed by atoms with Crippen LogP contribution in [0.25, 0.3) is 0 Å². The number of alkyl halides is 1. The van der Waals surface area contributed by atoms with Crippen LogP contribution in [0.4, 0.5) is 0 Å². The molecule has 0 fully saturated rings. The number of carbonyl (C=O) groups excluding carboxylic acids is 5. The maximum Gasteiger partial charge on any atom is 0.243 e. The molecule has 1 atom stereocenters. The van der Waals surface area contributed by atoms with Gasteiger partial charge >= 0.3 is 0 Å². The maximum absolute atomic E-state index is 12.9. The van der Waals surface area contributed by atoms with Crippen molar-refractivity contribution in [3.63, 3.8) is 0 Å². The predicted octanol–water partition coefficient (Wildman–Crippen LogP) is 1.71. The summed E-state index contributed by atoms with van der Waals surface area (Å²) in [6.45, 7) is 1.38. The zero-order chi connectivity index (χ0) is 31.7. The maximum atomic E-state index is 12.9. The van der Waals surface area contributed by atoms with E-state index in [1.165, 1.54) is 16.0 Å². The molecule has 0 aliphatic carbocycles. The van der Waals surface area contributed by atoms with Crippen molar-refractivity contribution in [2.24, 2.45) is 0 Å². The number of nitrogens with one attached hydrogen (secondary N) is 5. The van der Waals surface area contributed by atoms with Gasteiger partial charge in [0.2, 0.25) is 29.5 Å². The first-order valence-corrected chi connectivity index (χ1v) is 15.9. The zero-order valence-electron chi connectivity index (χ0n) is 24.3. The Kier molecular flexibility index (Phi) is 14.5. The highest BCUT2D eigenvalue weighted by Crippen LogP contribution is 2.17. The number of hydrogen-bond donors (Lipinski definition) is 5. The molecule has 5 N–H and O–H groups in total. The Labute approximate surface area is 268 Å². The summed E-state index contributed by atoms with van der Waals surface area (Å²) in [5.74, 6) is -2.55. The van der Waals surface area contributed by atoms with E-state index in [2.05, 4.69) is 73.0 Å². The van der Waals surface area contributed by atoms with E-state index in [0.29, 0.717) is 6.61 Å². The highest BCUT2D eigenvalue weighted by molar-refractivity contribution is 9.09. The van der Waals surface area contributed by atoms with Crippen molar-refractivity contribution in [2.45, 2.75) is 32.4 Å². The summed E-state index contributed by atoms with van der Waals surface area (Å²) in [5, 5.41) is 14.7. The molecule has 3 aromatic rings. The normalized spacial score (nSPS) is 11.2. The van der Waals surface area contributed by atoms with Crippen LogP contribution in [-0.4, -0.2) is 67.3 Å². The third kappa shape index (κ3) is 13.1. The van der Waals surface area contributed by atoms with Gasteiger partial charge < -0.3 is 31.3 Å². The van der Waals surface area contributed by atoms with Crippen LogP contribution in [0.1, 0.15) is 27.1 Å². The van der Waals surface area contributed by atoms with E-state index < -0.39 is 36.2 Å². The number of carbonyl (C=O) groups is 5. The predicted molar refractivity (Wildman–Crippen MR) is 171 cm³/mol. The van der Waals surface area contributed by atoms with Gasteiger partial charge in [0, 0.05) is 11.3 Å². The molecule has 2 aromatic carbocycles. The van der Waals surface area contributed by atoms with Gasteiger partial charge in [0.25, 0.3) is 0 Å². The van der Waals surface area contributed by atoms with E-state index in [4.69, 9.17) is 4.74 Å². The van der Waals surface area contributed by atoms with Gasteiger partial charge in [0.15, 0.2) is 0 Å². The Morgan fingerprint density at radius 1 is 0.750 bits per heavy atom. The van der Waals surface area contributed by atoms with Crippen LogP contribution in [0, 0.1) is 6.92 Å². The van der Waals surface area contributed by atoms with Gasteiger partial charge in [-0.3, -0.25) is 24.0 Å². The highest BCUT2D eigenvalue weighted by atomic mass is 79.9. The number of aryl methyl sites for hydroxylation is 1. The van der Waals surface area contributed by atoms with E-state index in [0.717, 1.165) is 17.5 Å². The van der Waals surface area contributed by atoms with Crippen molar-refractivity contribution in [1.82, 2.24) is 26.6 Å². The molecule has 3 rings (SSSR count). The van der Waals surface area contributed by atoms with Gasteiger partial charge in [0.05, 0.1) is 31.6 Å². The van der Waals surface area contributed by atoms with Crippen LogP contribution in [0.3, 0.4) is 0 Å². The molecule has 0 saturated heterocycles. The zero-order valence-corrected chi connectivity index (χ0v) is 26.7. The summed E-state index contributed by atoms with van der Waals surface area (Å²) in [4.78, 5) is 62.1. The second kappa shape index (κ2) is 18.6. The first-order chi connectivity index (χ1) is 21.2. The van der Waals surface area contributed by atoms with E-state index in [-0.39, 0.29) is 37.5 Å². The number of rotatable bonds is 17. The first kappa shape index (κ1) is 34.4. The van der Waals surface area contributed by atoms with Crippen molar-refractivity contribution in [1.29, 1.82) is 0 Å². The minimum Gasteiger partial charge on any atom is -0.357 e. The molecule has 0 bridgehead atoms. The third-order valence-electron chi connectivity index (χ3n) is 6.23. The van der Waals surface area contributed by atoms with Crippen LogP contribution in [0.2, 0.25) is 0 Å². The molecule has 0 saturated carbocycles. The minimum absolute atomic E-state index is 0.0371. The lowest BCUT2D eigenvalue weighted by Crippen LogP contribution is -2.52. The summed E-state index contributed by atoms with van der Waals surface area (Å²) in [6, 6.07) is 18.4. The summed E-state index contributed by atoms with van der Waals surface area (Å²) >= 11 is 4.71. The summed E-state index contributed by atoms with van der Waals surface area (Å²) in [6.07, 6.45) is 1.04. The third-order valence-corrected chi connectivity index (χ3v) is 7.65. The second-order valence-electron chi connectivity index (χ2n) is 9.87. The topological polar surface area (TPSA) is 155 Å². The van der Waals surface area contributed by atoms with E-state index in [9.17, 15) is 24.0 Å². The molecular weight excluding hydrogens is 650 g/mol. The number of thiophene rings is 1. The second-order valence-corrected chi connectivity index (χ2v) is 11.5. The molecular formula is C31H36BrN5O6S. The Hall–Kier alpha value is -4.07. The standard InChI is InChI=1S/C31H36BrN5O6S/c1-21-11-25(19-44-21)12-23-7-9-24(10-8-23)18-43-20-36-29(40)16-35-31(42)26(13-22-5-3-2-4-6-22)37-30(41)17-34-28(39)15-33-27(38)14-32/h2-11,19,26H,12-18,20H2,1H3,(H,33,38)(H,34,39)(H,35,42)(H,36,40)(H,37,41)/t26-/m0/s1. The molecule has 11 nitrogen and oxygen atoms in total. The van der Waals surface area contributed by atoms with Crippen LogP contribution in [0.5, 0.6) is 0 Å². The molecule has 0 aliphatic rings. The summed E-state index contributed by atoms with van der Waals surface area (Å²) < 4.78 is 5.56. The number of halogens is 1. The van der Waals surface area contributed by atoms with Crippen molar-refractivity contribution >= 4 is 56.8 Å². The molecule has 1 aromatic heterocycles. The molecule has 13 heteroatoms. The van der Waals surface area contributed by atoms with Gasteiger partial charge in [-0.25, -0.2) is 0 Å². The summed E-state index contributed by atoms with van der Waals surface area (Å²) in [7, 11) is 0. The van der Waals surface area contributed by atoms with Crippen LogP contribution in [0.15, 0.2) is 66.0 Å². The van der Waals surface area contributed by atoms with Gasteiger partial charge in [-0.15, -0.1) is 11.3 Å². The molecule has 0 radical (unpaired) electrons. The van der Waals surface area contributed by atoms with Crippen molar-refractivity contribution in [3.05, 3.63) is 93.2 Å². The number of benzene rings is 2. The molecule has 0 unspecified atom stereocenters. The first-order valence-electron chi connectivity index (χ1n) is 13.9. The van der Waals surface area contributed by atoms with E-state index in [1.54, 1.807) is 23.5 Å². The lowest BCUT2D eigenvalue weighted by atomic mass is 10.1. The lowest BCUT2D eigenvalue weighted by Gasteiger charge is -2.19. The molecule has 0 spiro atoms. The van der Waals surface area contributed by atoms with Crippen molar-refractivity contribution in [2.75, 3.05) is 31.7 Å². The largest absolute Gasteiger partial charge is 0.357 e. The van der Waals surface area contributed by atoms with Gasteiger partial charge in [-0.2, -0.15) is 0 Å². The Balaban J connectivity index is 1.39. The quantitative estimate of drug-likeness (QED) is 0.0828. The van der Waals surface area contributed by atoms with Gasteiger partial charge in [0.1, 0.15) is 12.8 Å². The fraction of sp³-hybridized carbons (Fsp3) is 0.323. The average Bonchev–Trinajstić information content (AvgIpc) is 3.44. The fourth-order valence-electron chi connectivity index (χ4n) is 4.00. The highest BCUT2D eigenvalue weighted by Gasteiger charge is 2.22. The Morgan fingerprint density at radius 2 is 1.39 bits per heavy atom. The summed E-state index contributed by atoms with van der Waals surface area (Å²) in [5.41, 5.74) is 4.26. The molecule has 1 heterocycles. The fourth-order valence-corrected chi connectivity index (χ4v) is 4.91. The number of ether oxygens (including phenoxy) is 1. The van der Waals surface area contributed by atoms with Crippen LogP contribution < -0.4 is 26.6 Å². The van der Waals surface area contributed by atoms with E-state index in [1.807, 2.05) is 30.3 Å². The SMILES string of the molecule is Cc1cc(Cc2ccc(COCNC(=O)CNC(=O)[C@H](Cc3ccccc3)NC(=O)CNC(=O)CNC(=O)CBr)cc2)cs1. The molecule has 234 valence electrons. The van der Waals surface area contributed by atoms with Crippen LogP contribution >= 0.6 is 27.3 Å². The van der Waals surface area contributed by atoms with Crippen molar-refractivity contribution < 1.29 is 28.7 Å². The van der Waals surface area contributed by atoms with Gasteiger partial charge in [-0.1, -0.05) is 70.5 Å². The Bertz CT molecular complexity index is 1400. The smallest absolute Gasteiger partial charge is 0.243 e. The molecule has 44 heavy (non-hydrogen) atoms. The minimum atomic E-state index is -0.995. The Morgan fingerprint density at radius 3 is 2.07 bits per heavy atom.